The zero-order chi connectivity index (χ0) is 9.97. The van der Waals surface area contributed by atoms with Crippen LogP contribution < -0.4 is 5.43 Å². The molecule has 2 heterocycles. The maximum Gasteiger partial charge on any atom is 0.278 e. The highest BCUT2D eigenvalue weighted by Crippen LogP contribution is 2.23. The van der Waals surface area contributed by atoms with E-state index in [4.69, 9.17) is 0 Å². The third-order valence-electron chi connectivity index (χ3n) is 2.14. The van der Waals surface area contributed by atoms with Crippen molar-refractivity contribution in [2.24, 2.45) is 0 Å². The molecule has 1 saturated heterocycles. The first-order valence-corrected chi connectivity index (χ1v) is 6.19. The van der Waals surface area contributed by atoms with E-state index in [-0.39, 0.29) is 5.91 Å². The SMILES string of the molecule is O=C(c1ccc(Br)s1)N1CCCCN1. The highest BCUT2D eigenvalue weighted by molar-refractivity contribution is 9.11. The van der Waals surface area contributed by atoms with Crippen LogP contribution in [0.4, 0.5) is 0 Å². The zero-order valence-electron chi connectivity index (χ0n) is 7.62. The largest absolute Gasteiger partial charge is 0.278 e. The second kappa shape index (κ2) is 4.42. The molecule has 1 aliphatic heterocycles. The number of carbonyl (C=O) groups excluding carboxylic acids is 1. The summed E-state index contributed by atoms with van der Waals surface area (Å²) in [4.78, 5) is 12.6. The normalized spacial score (nSPS) is 17.1. The van der Waals surface area contributed by atoms with Gasteiger partial charge < -0.3 is 0 Å². The first-order chi connectivity index (χ1) is 6.77. The zero-order valence-corrected chi connectivity index (χ0v) is 10.0. The molecule has 1 aliphatic rings. The minimum atomic E-state index is 0.0837. The molecule has 5 heteroatoms. The minimum absolute atomic E-state index is 0.0837. The number of amides is 1. The predicted octanol–water partition coefficient (Wildman–Crippen LogP) is 2.25. The third-order valence-corrected chi connectivity index (χ3v) is 3.75. The molecule has 2 rings (SSSR count). The summed E-state index contributed by atoms with van der Waals surface area (Å²) in [6, 6.07) is 3.76. The first-order valence-electron chi connectivity index (χ1n) is 4.58. The quantitative estimate of drug-likeness (QED) is 0.852. The van der Waals surface area contributed by atoms with Crippen molar-refractivity contribution in [3.05, 3.63) is 20.8 Å². The fourth-order valence-electron chi connectivity index (χ4n) is 1.42. The van der Waals surface area contributed by atoms with Crippen LogP contribution in [0.2, 0.25) is 0 Å². The van der Waals surface area contributed by atoms with Gasteiger partial charge in [0.05, 0.1) is 8.66 Å². The molecule has 1 amide bonds. The van der Waals surface area contributed by atoms with Crippen LogP contribution in [0.1, 0.15) is 22.5 Å². The van der Waals surface area contributed by atoms with Crippen molar-refractivity contribution >= 4 is 33.2 Å². The Balaban J connectivity index is 2.07. The Kier molecular flexibility index (Phi) is 3.20. The lowest BCUT2D eigenvalue weighted by Crippen LogP contribution is -2.46. The molecule has 0 aliphatic carbocycles. The monoisotopic (exact) mass is 274 g/mol. The molecule has 1 fully saturated rings. The standard InChI is InChI=1S/C9H11BrN2OS/c10-8-4-3-7(14-8)9(13)12-6-2-1-5-11-12/h3-4,11H,1-2,5-6H2. The van der Waals surface area contributed by atoms with Gasteiger partial charge in [-0.05, 0) is 40.9 Å². The van der Waals surface area contributed by atoms with E-state index in [1.807, 2.05) is 12.1 Å². The van der Waals surface area contributed by atoms with E-state index in [9.17, 15) is 4.79 Å². The van der Waals surface area contributed by atoms with Crippen LogP contribution in [0.3, 0.4) is 0 Å². The minimum Gasteiger partial charge on any atom is -0.273 e. The number of nitrogens with one attached hydrogen (secondary N) is 1. The summed E-state index contributed by atoms with van der Waals surface area (Å²) >= 11 is 4.83. The van der Waals surface area contributed by atoms with Gasteiger partial charge in [0.1, 0.15) is 0 Å². The van der Waals surface area contributed by atoms with Gasteiger partial charge in [0.15, 0.2) is 0 Å². The molecular weight excluding hydrogens is 264 g/mol. The number of hydrogen-bond donors (Lipinski definition) is 1. The Labute approximate surface area is 95.2 Å². The maximum absolute atomic E-state index is 11.9. The van der Waals surface area contributed by atoms with Crippen LogP contribution in [0, 0.1) is 0 Å². The van der Waals surface area contributed by atoms with Gasteiger partial charge in [-0.25, -0.2) is 5.43 Å². The van der Waals surface area contributed by atoms with E-state index in [1.165, 1.54) is 11.3 Å². The molecule has 1 aromatic rings. The predicted molar refractivity (Wildman–Crippen MR) is 60.3 cm³/mol. The van der Waals surface area contributed by atoms with Gasteiger partial charge in [-0.1, -0.05) is 0 Å². The summed E-state index contributed by atoms with van der Waals surface area (Å²) < 4.78 is 0.998. The second-order valence-electron chi connectivity index (χ2n) is 3.18. The lowest BCUT2D eigenvalue weighted by molar-refractivity contribution is 0.0616. The van der Waals surface area contributed by atoms with Crippen molar-refractivity contribution < 1.29 is 4.79 Å². The molecule has 76 valence electrons. The van der Waals surface area contributed by atoms with E-state index < -0.39 is 0 Å². The van der Waals surface area contributed by atoms with Gasteiger partial charge in [-0.15, -0.1) is 11.3 Å². The van der Waals surface area contributed by atoms with E-state index in [2.05, 4.69) is 21.4 Å². The summed E-state index contributed by atoms with van der Waals surface area (Å²) in [6.45, 7) is 1.71. The Morgan fingerprint density at radius 3 is 2.93 bits per heavy atom. The Morgan fingerprint density at radius 2 is 2.36 bits per heavy atom. The van der Waals surface area contributed by atoms with Crippen molar-refractivity contribution in [2.75, 3.05) is 13.1 Å². The summed E-state index contributed by atoms with van der Waals surface area (Å²) in [5.74, 6) is 0.0837. The number of thiophene rings is 1. The number of halogens is 1. The van der Waals surface area contributed by atoms with Gasteiger partial charge in [0, 0.05) is 13.1 Å². The molecule has 0 aromatic carbocycles. The van der Waals surface area contributed by atoms with Crippen LogP contribution in [0.25, 0.3) is 0 Å². The van der Waals surface area contributed by atoms with Crippen LogP contribution in [0.15, 0.2) is 15.9 Å². The Bertz CT molecular complexity index is 333. The molecule has 0 spiro atoms. The number of hydrogen-bond acceptors (Lipinski definition) is 3. The Hall–Kier alpha value is -0.390. The molecule has 3 nitrogen and oxygen atoms in total. The van der Waals surface area contributed by atoms with Gasteiger partial charge in [0.2, 0.25) is 0 Å². The average molecular weight is 275 g/mol. The molecule has 0 saturated carbocycles. The van der Waals surface area contributed by atoms with Crippen LogP contribution in [0.5, 0.6) is 0 Å². The summed E-state index contributed by atoms with van der Waals surface area (Å²) in [6.07, 6.45) is 2.24. The fraction of sp³-hybridized carbons (Fsp3) is 0.444. The average Bonchev–Trinajstić information content (AvgIpc) is 2.65. The van der Waals surface area contributed by atoms with Crippen molar-refractivity contribution in [2.45, 2.75) is 12.8 Å². The van der Waals surface area contributed by atoms with Crippen molar-refractivity contribution in [1.82, 2.24) is 10.4 Å². The topological polar surface area (TPSA) is 32.3 Å². The molecule has 1 N–H and O–H groups in total. The van der Waals surface area contributed by atoms with Crippen LogP contribution in [-0.4, -0.2) is 24.0 Å². The summed E-state index contributed by atoms with van der Waals surface area (Å²) in [5, 5.41) is 1.71. The lowest BCUT2D eigenvalue weighted by Gasteiger charge is -2.27. The third kappa shape index (κ3) is 2.16. The maximum atomic E-state index is 11.9. The van der Waals surface area contributed by atoms with Crippen molar-refractivity contribution in [1.29, 1.82) is 0 Å². The molecule has 0 unspecified atom stereocenters. The van der Waals surface area contributed by atoms with Gasteiger partial charge >= 0.3 is 0 Å². The molecule has 0 bridgehead atoms. The highest BCUT2D eigenvalue weighted by atomic mass is 79.9. The van der Waals surface area contributed by atoms with Crippen LogP contribution in [-0.2, 0) is 0 Å². The van der Waals surface area contributed by atoms with Crippen LogP contribution >= 0.6 is 27.3 Å². The van der Waals surface area contributed by atoms with E-state index in [0.29, 0.717) is 0 Å². The Morgan fingerprint density at radius 1 is 1.50 bits per heavy atom. The first kappa shape index (κ1) is 10.1. The van der Waals surface area contributed by atoms with Gasteiger partial charge in [0.25, 0.3) is 5.91 Å². The fourth-order valence-corrected chi connectivity index (χ4v) is 2.76. The number of hydrazine groups is 1. The van der Waals surface area contributed by atoms with E-state index in [1.54, 1.807) is 5.01 Å². The molecular formula is C9H11BrN2OS. The smallest absolute Gasteiger partial charge is 0.273 e. The highest BCUT2D eigenvalue weighted by Gasteiger charge is 2.18. The number of rotatable bonds is 1. The summed E-state index contributed by atoms with van der Waals surface area (Å²) in [7, 11) is 0. The van der Waals surface area contributed by atoms with Crippen molar-refractivity contribution in [3.63, 3.8) is 0 Å². The van der Waals surface area contributed by atoms with Gasteiger partial charge in [-0.3, -0.25) is 9.80 Å². The lowest BCUT2D eigenvalue weighted by atomic mass is 10.2. The second-order valence-corrected chi connectivity index (χ2v) is 5.64. The van der Waals surface area contributed by atoms with Crippen molar-refractivity contribution in [3.8, 4) is 0 Å². The van der Waals surface area contributed by atoms with E-state index >= 15 is 0 Å². The van der Waals surface area contributed by atoms with Gasteiger partial charge in [-0.2, -0.15) is 0 Å². The molecule has 14 heavy (non-hydrogen) atoms. The van der Waals surface area contributed by atoms with E-state index in [0.717, 1.165) is 34.6 Å². The summed E-state index contributed by atoms with van der Waals surface area (Å²) in [5.41, 5.74) is 3.10. The molecule has 0 radical (unpaired) electrons. The number of nitrogens with zero attached hydrogens (tertiary/aromatic N) is 1. The molecule has 1 aromatic heterocycles. The molecule has 0 atom stereocenters. The number of carbonyl (C=O) groups is 1.